The molecule has 0 aromatic heterocycles. The third kappa shape index (κ3) is 8.81. The first-order valence-electron chi connectivity index (χ1n) is 13.1. The van der Waals surface area contributed by atoms with Crippen molar-refractivity contribution in [1.82, 2.24) is 0 Å². The van der Waals surface area contributed by atoms with Crippen LogP contribution in [0.25, 0.3) is 0 Å². The van der Waals surface area contributed by atoms with E-state index in [0.29, 0.717) is 34.1 Å². The van der Waals surface area contributed by atoms with E-state index in [9.17, 15) is 9.59 Å². The van der Waals surface area contributed by atoms with Gasteiger partial charge in [-0.05, 0) is 52.5 Å². The second kappa shape index (κ2) is 15.3. The summed E-state index contributed by atoms with van der Waals surface area (Å²) in [5.74, 6) is 1.04. The predicted octanol–water partition coefficient (Wildman–Crippen LogP) is 8.45. The van der Waals surface area contributed by atoms with Crippen molar-refractivity contribution in [2.75, 3.05) is 0 Å². The largest absolute Gasteiger partial charge is 0.748 e. The molecule has 0 fully saturated rings. The fraction of sp³-hybridized carbons (Fsp3) is 0.294. The van der Waals surface area contributed by atoms with Crippen molar-refractivity contribution < 1.29 is 26.7 Å². The molecule has 4 aromatic carbocycles. The third-order valence-corrected chi connectivity index (χ3v) is 6.86. The molecule has 0 saturated heterocycles. The second-order valence-corrected chi connectivity index (χ2v) is 9.80. The zero-order valence-electron chi connectivity index (χ0n) is 22.4. The van der Waals surface area contributed by atoms with E-state index in [-0.39, 0.29) is 28.6 Å². The summed E-state index contributed by atoms with van der Waals surface area (Å²) in [4.78, 5) is 26.2. The Balaban J connectivity index is 0.000000716. The van der Waals surface area contributed by atoms with E-state index in [1.165, 1.54) is 11.1 Å². The minimum absolute atomic E-state index is 0. The molecule has 0 aliphatic heterocycles. The van der Waals surface area contributed by atoms with Gasteiger partial charge in [0.25, 0.3) is 0 Å². The van der Waals surface area contributed by atoms with E-state index in [1.54, 1.807) is 18.2 Å². The molecule has 3 heteroatoms. The summed E-state index contributed by atoms with van der Waals surface area (Å²) in [6.07, 6.45) is 4.30. The summed E-state index contributed by atoms with van der Waals surface area (Å²) in [5, 5.41) is 0. The van der Waals surface area contributed by atoms with Crippen molar-refractivity contribution in [2.24, 2.45) is 11.8 Å². The zero-order chi connectivity index (χ0) is 25.9. The van der Waals surface area contributed by atoms with Crippen LogP contribution in [0.2, 0.25) is 0 Å². The first-order chi connectivity index (χ1) is 17.4. The summed E-state index contributed by atoms with van der Waals surface area (Å²) in [5.41, 5.74) is 4.67. The molecule has 0 aliphatic carbocycles. The Kier molecular flexibility index (Phi) is 12.5. The number of carbonyl (C=O) groups excluding carboxylic acids is 2. The van der Waals surface area contributed by atoms with Gasteiger partial charge in [-0.1, -0.05) is 94.6 Å². The number of hydrogen-bond donors (Lipinski definition) is 0. The molecule has 0 radical (unpaired) electrons. The molecule has 4 aromatic rings. The quantitative estimate of drug-likeness (QED) is 0.116. The maximum atomic E-state index is 13.1. The van der Waals surface area contributed by atoms with Crippen LogP contribution < -0.4 is 0 Å². The van der Waals surface area contributed by atoms with Crippen LogP contribution in [-0.2, 0) is 29.9 Å². The summed E-state index contributed by atoms with van der Waals surface area (Å²) in [6.45, 7) is 8.85. The zero-order valence-corrected chi connectivity index (χ0v) is 23.5. The van der Waals surface area contributed by atoms with Gasteiger partial charge in [-0.2, -0.15) is 6.07 Å². The Morgan fingerprint density at radius 1 is 0.703 bits per heavy atom. The van der Waals surface area contributed by atoms with Crippen molar-refractivity contribution in [2.45, 2.75) is 53.4 Å². The second-order valence-electron chi connectivity index (χ2n) is 9.80. The van der Waals surface area contributed by atoms with Gasteiger partial charge in [0.05, 0.1) is 0 Å². The van der Waals surface area contributed by atoms with Crippen molar-refractivity contribution >= 4 is 11.6 Å². The van der Waals surface area contributed by atoms with Gasteiger partial charge in [0.15, 0.2) is 0 Å². The van der Waals surface area contributed by atoms with Gasteiger partial charge in [-0.25, -0.2) is 0 Å². The third-order valence-electron chi connectivity index (χ3n) is 6.86. The molecular formula is C34H38FeO2-6. The van der Waals surface area contributed by atoms with Gasteiger partial charge in [-0.15, -0.1) is 12.1 Å². The van der Waals surface area contributed by atoms with Gasteiger partial charge in [0.1, 0.15) is 11.6 Å². The van der Waals surface area contributed by atoms with Crippen LogP contribution in [0.15, 0.2) is 97.1 Å². The van der Waals surface area contributed by atoms with Crippen LogP contribution in [-0.4, -0.2) is 11.6 Å². The van der Waals surface area contributed by atoms with E-state index in [1.807, 2.05) is 78.9 Å². The fourth-order valence-corrected chi connectivity index (χ4v) is 4.13. The SMILES string of the molecule is CCC(C)Cc1ccc(C(=O)c2ccc[c-]2C(=O)c2ccc(CC(C)CC)cc2)cc1.[Fe].[cH-]1[cH-][cH-][cH-][cH-]1. The fourth-order valence-electron chi connectivity index (χ4n) is 4.13. The minimum Gasteiger partial charge on any atom is -0.748 e. The van der Waals surface area contributed by atoms with Gasteiger partial charge < -0.3 is 39.9 Å². The predicted molar refractivity (Wildman–Crippen MR) is 150 cm³/mol. The summed E-state index contributed by atoms with van der Waals surface area (Å²) in [7, 11) is 0. The molecular weight excluding hydrogens is 496 g/mol. The summed E-state index contributed by atoms with van der Waals surface area (Å²) >= 11 is 0. The smallest absolute Gasteiger partial charge is 0.128 e. The van der Waals surface area contributed by atoms with Crippen LogP contribution in [0.1, 0.15) is 83.5 Å². The molecule has 2 nitrogen and oxygen atoms in total. The Labute approximate surface area is 233 Å². The molecule has 4 rings (SSSR count). The maximum Gasteiger partial charge on any atom is 0.128 e. The number of benzene rings is 2. The Bertz CT molecular complexity index is 1100. The van der Waals surface area contributed by atoms with Gasteiger partial charge >= 0.3 is 0 Å². The molecule has 37 heavy (non-hydrogen) atoms. The number of hydrogen-bond acceptors (Lipinski definition) is 2. The van der Waals surface area contributed by atoms with Crippen molar-refractivity contribution in [3.8, 4) is 0 Å². The molecule has 0 spiro atoms. The molecule has 0 heterocycles. The van der Waals surface area contributed by atoms with Gasteiger partial charge in [-0.3, -0.25) is 0 Å². The first-order valence-corrected chi connectivity index (χ1v) is 13.1. The monoisotopic (exact) mass is 534 g/mol. The first kappa shape index (κ1) is 30.2. The van der Waals surface area contributed by atoms with E-state index in [4.69, 9.17) is 0 Å². The number of ketones is 2. The van der Waals surface area contributed by atoms with Crippen LogP contribution >= 0.6 is 0 Å². The molecule has 0 amide bonds. The number of carbonyl (C=O) groups is 2. The van der Waals surface area contributed by atoms with E-state index >= 15 is 0 Å². The molecule has 2 atom stereocenters. The van der Waals surface area contributed by atoms with Crippen LogP contribution in [0.5, 0.6) is 0 Å². The molecule has 0 N–H and O–H groups in total. The van der Waals surface area contributed by atoms with Crippen molar-refractivity contribution in [3.05, 3.63) is 130 Å². The minimum atomic E-state index is -0.100. The van der Waals surface area contributed by atoms with E-state index in [0.717, 1.165) is 25.7 Å². The van der Waals surface area contributed by atoms with Crippen LogP contribution in [0, 0.1) is 11.8 Å². The van der Waals surface area contributed by atoms with Crippen molar-refractivity contribution in [3.63, 3.8) is 0 Å². The standard InChI is InChI=1S/C29H33O2.C5H5.Fe/c1-5-20(3)18-22-10-14-24(15-11-22)28(30)26-8-7-9-27(26)29(31)25-16-12-23(13-17-25)19-21(4)6-2;1-2-4-5-3-1;/h7-17,20-21H,5-6,18-19H2,1-4H3;1-5H;/q-1;-5;. The van der Waals surface area contributed by atoms with Crippen LogP contribution in [0.3, 0.4) is 0 Å². The average molecular weight is 535 g/mol. The molecule has 200 valence electrons. The Hall–Kier alpha value is -3.00. The Morgan fingerprint density at radius 2 is 1.14 bits per heavy atom. The molecule has 0 saturated carbocycles. The van der Waals surface area contributed by atoms with E-state index < -0.39 is 0 Å². The average Bonchev–Trinajstić information content (AvgIpc) is 3.64. The van der Waals surface area contributed by atoms with Crippen LogP contribution in [0.4, 0.5) is 0 Å². The molecule has 2 unspecified atom stereocenters. The normalized spacial score (nSPS) is 12.0. The van der Waals surface area contributed by atoms with Gasteiger partial charge in [0, 0.05) is 17.1 Å². The van der Waals surface area contributed by atoms with E-state index in [2.05, 4.69) is 27.7 Å². The van der Waals surface area contributed by atoms with Crippen molar-refractivity contribution in [1.29, 1.82) is 0 Å². The topological polar surface area (TPSA) is 34.1 Å². The van der Waals surface area contributed by atoms with Gasteiger partial charge in [0.2, 0.25) is 0 Å². The molecule has 0 bridgehead atoms. The maximum absolute atomic E-state index is 13.1. The summed E-state index contributed by atoms with van der Waals surface area (Å²) in [6, 6.07) is 30.9. The summed E-state index contributed by atoms with van der Waals surface area (Å²) < 4.78 is 0. The molecule has 0 aliphatic rings. The number of rotatable bonds is 10. The Morgan fingerprint density at radius 3 is 1.57 bits per heavy atom.